The van der Waals surface area contributed by atoms with E-state index < -0.39 is 6.09 Å². The highest BCUT2D eigenvalue weighted by atomic mass is 16.6. The van der Waals surface area contributed by atoms with Gasteiger partial charge in [-0.25, -0.2) is 9.69 Å². The lowest BCUT2D eigenvalue weighted by atomic mass is 9.94. The molecule has 3 atom stereocenters. The van der Waals surface area contributed by atoms with E-state index in [1.165, 1.54) is 4.90 Å². The van der Waals surface area contributed by atoms with Crippen LogP contribution in [-0.4, -0.2) is 29.5 Å². The number of hydrogen-bond acceptors (Lipinski definition) is 3. The van der Waals surface area contributed by atoms with Crippen molar-refractivity contribution in [3.05, 3.63) is 35.9 Å². The van der Waals surface area contributed by atoms with Gasteiger partial charge in [0.15, 0.2) is 0 Å². The third-order valence-corrected chi connectivity index (χ3v) is 4.39. The van der Waals surface area contributed by atoms with E-state index in [1.54, 1.807) is 0 Å². The molecule has 1 heterocycles. The molecule has 0 aliphatic carbocycles. The Balaban J connectivity index is 2.05. The van der Waals surface area contributed by atoms with E-state index >= 15 is 0 Å². The van der Waals surface area contributed by atoms with Gasteiger partial charge in [-0.2, -0.15) is 0 Å². The molecule has 0 aromatic heterocycles. The molecule has 22 heavy (non-hydrogen) atoms. The predicted molar refractivity (Wildman–Crippen MR) is 85.4 cm³/mol. The van der Waals surface area contributed by atoms with E-state index in [2.05, 4.69) is 13.8 Å². The molecule has 2 amide bonds. The Morgan fingerprint density at radius 2 is 2.00 bits per heavy atom. The molecule has 0 bridgehead atoms. The zero-order chi connectivity index (χ0) is 16.1. The molecule has 1 aliphatic rings. The summed E-state index contributed by atoms with van der Waals surface area (Å²) < 4.78 is 5.12. The normalized spacial score (nSPS) is 20.6. The molecular weight excluding hydrogens is 278 g/mol. The van der Waals surface area contributed by atoms with Crippen molar-refractivity contribution in [2.45, 2.75) is 46.1 Å². The Morgan fingerprint density at radius 1 is 1.32 bits per heavy atom. The van der Waals surface area contributed by atoms with Gasteiger partial charge in [-0.3, -0.25) is 4.79 Å². The SMILES string of the molecule is CC[C@@H](C)C[C@@H](C)C(=O)N1C(=O)OC[C@@H]1Cc1ccccc1. The maximum Gasteiger partial charge on any atom is 0.416 e. The summed E-state index contributed by atoms with van der Waals surface area (Å²) >= 11 is 0. The molecule has 0 radical (unpaired) electrons. The maximum atomic E-state index is 12.6. The number of ether oxygens (including phenoxy) is 1. The van der Waals surface area contributed by atoms with Gasteiger partial charge in [0, 0.05) is 5.92 Å². The van der Waals surface area contributed by atoms with Gasteiger partial charge in [-0.15, -0.1) is 0 Å². The van der Waals surface area contributed by atoms with E-state index in [-0.39, 0.29) is 24.5 Å². The van der Waals surface area contributed by atoms with Gasteiger partial charge in [0.2, 0.25) is 5.91 Å². The van der Waals surface area contributed by atoms with Crippen LogP contribution in [0.2, 0.25) is 0 Å². The van der Waals surface area contributed by atoms with Crippen LogP contribution in [0.5, 0.6) is 0 Å². The topological polar surface area (TPSA) is 46.6 Å². The van der Waals surface area contributed by atoms with Crippen molar-refractivity contribution >= 4 is 12.0 Å². The molecule has 120 valence electrons. The molecule has 4 heteroatoms. The first-order valence-electron chi connectivity index (χ1n) is 8.06. The predicted octanol–water partition coefficient (Wildman–Crippen LogP) is 3.65. The van der Waals surface area contributed by atoms with Gasteiger partial charge >= 0.3 is 6.09 Å². The first kappa shape index (κ1) is 16.5. The lowest BCUT2D eigenvalue weighted by Crippen LogP contribution is -2.43. The summed E-state index contributed by atoms with van der Waals surface area (Å²) in [5.41, 5.74) is 1.11. The van der Waals surface area contributed by atoms with E-state index in [9.17, 15) is 9.59 Å². The highest BCUT2D eigenvalue weighted by molar-refractivity contribution is 5.94. The van der Waals surface area contributed by atoms with Crippen molar-refractivity contribution < 1.29 is 14.3 Å². The smallest absolute Gasteiger partial charge is 0.416 e. The summed E-state index contributed by atoms with van der Waals surface area (Å²) in [4.78, 5) is 25.9. The number of rotatable bonds is 6. The molecule has 0 unspecified atom stereocenters. The van der Waals surface area contributed by atoms with Crippen LogP contribution < -0.4 is 0 Å². The van der Waals surface area contributed by atoms with Crippen LogP contribution in [0, 0.1) is 11.8 Å². The number of imide groups is 1. The molecule has 1 fully saturated rings. The first-order valence-corrected chi connectivity index (χ1v) is 8.06. The van der Waals surface area contributed by atoms with Crippen molar-refractivity contribution in [1.82, 2.24) is 4.90 Å². The van der Waals surface area contributed by atoms with Gasteiger partial charge in [0.1, 0.15) is 6.61 Å². The van der Waals surface area contributed by atoms with Crippen LogP contribution in [0.1, 0.15) is 39.2 Å². The summed E-state index contributed by atoms with van der Waals surface area (Å²) in [6, 6.07) is 9.70. The van der Waals surface area contributed by atoms with Crippen molar-refractivity contribution in [2.24, 2.45) is 11.8 Å². The minimum absolute atomic E-state index is 0.108. The second-order valence-corrected chi connectivity index (χ2v) is 6.28. The van der Waals surface area contributed by atoms with Crippen LogP contribution in [0.25, 0.3) is 0 Å². The van der Waals surface area contributed by atoms with Gasteiger partial charge in [-0.1, -0.05) is 57.5 Å². The van der Waals surface area contributed by atoms with Crippen molar-refractivity contribution in [1.29, 1.82) is 0 Å². The number of carbonyl (C=O) groups excluding carboxylic acids is 2. The van der Waals surface area contributed by atoms with Gasteiger partial charge in [-0.05, 0) is 24.3 Å². The largest absolute Gasteiger partial charge is 0.447 e. The van der Waals surface area contributed by atoms with Crippen molar-refractivity contribution in [3.63, 3.8) is 0 Å². The second kappa shape index (κ2) is 7.43. The minimum atomic E-state index is -0.498. The Hall–Kier alpha value is -1.84. The first-order chi connectivity index (χ1) is 10.5. The van der Waals surface area contributed by atoms with E-state index in [0.29, 0.717) is 12.3 Å². The van der Waals surface area contributed by atoms with Crippen LogP contribution >= 0.6 is 0 Å². The van der Waals surface area contributed by atoms with Gasteiger partial charge in [0.05, 0.1) is 6.04 Å². The molecule has 2 rings (SSSR count). The zero-order valence-electron chi connectivity index (χ0n) is 13.6. The lowest BCUT2D eigenvalue weighted by molar-refractivity contribution is -0.133. The Labute approximate surface area is 132 Å². The maximum absolute atomic E-state index is 12.6. The van der Waals surface area contributed by atoms with Crippen molar-refractivity contribution in [3.8, 4) is 0 Å². The molecule has 1 saturated heterocycles. The van der Waals surface area contributed by atoms with E-state index in [4.69, 9.17) is 4.74 Å². The fourth-order valence-corrected chi connectivity index (χ4v) is 2.88. The van der Waals surface area contributed by atoms with Crippen LogP contribution in [0.15, 0.2) is 30.3 Å². The molecule has 1 aromatic carbocycles. The second-order valence-electron chi connectivity index (χ2n) is 6.28. The number of cyclic esters (lactones) is 1. The summed E-state index contributed by atoms with van der Waals surface area (Å²) in [5.74, 6) is 0.216. The molecule has 4 nitrogen and oxygen atoms in total. The molecule has 0 saturated carbocycles. The Kier molecular flexibility index (Phi) is 5.58. The van der Waals surface area contributed by atoms with Crippen molar-refractivity contribution in [2.75, 3.05) is 6.61 Å². The number of nitrogens with zero attached hydrogens (tertiary/aromatic N) is 1. The third kappa shape index (κ3) is 3.87. The molecular formula is C18H25NO3. The molecule has 1 aromatic rings. The number of hydrogen-bond donors (Lipinski definition) is 0. The zero-order valence-corrected chi connectivity index (χ0v) is 13.6. The van der Waals surface area contributed by atoms with Crippen LogP contribution in [0.3, 0.4) is 0 Å². The monoisotopic (exact) mass is 303 g/mol. The fraction of sp³-hybridized carbons (Fsp3) is 0.556. The highest BCUT2D eigenvalue weighted by Crippen LogP contribution is 2.23. The summed E-state index contributed by atoms with van der Waals surface area (Å²) in [6.07, 6.45) is 1.99. The average molecular weight is 303 g/mol. The van der Waals surface area contributed by atoms with E-state index in [0.717, 1.165) is 18.4 Å². The average Bonchev–Trinajstić information content (AvgIpc) is 2.88. The number of carbonyl (C=O) groups is 2. The summed E-state index contributed by atoms with van der Waals surface area (Å²) in [5, 5.41) is 0. The summed E-state index contributed by atoms with van der Waals surface area (Å²) in [6.45, 7) is 6.44. The van der Waals surface area contributed by atoms with Gasteiger partial charge in [0.25, 0.3) is 0 Å². The molecule has 1 aliphatic heterocycles. The van der Waals surface area contributed by atoms with Crippen LogP contribution in [-0.2, 0) is 16.0 Å². The van der Waals surface area contributed by atoms with Gasteiger partial charge < -0.3 is 4.74 Å². The summed E-state index contributed by atoms with van der Waals surface area (Å²) in [7, 11) is 0. The fourth-order valence-electron chi connectivity index (χ4n) is 2.88. The van der Waals surface area contributed by atoms with Crippen LogP contribution in [0.4, 0.5) is 4.79 Å². The Morgan fingerprint density at radius 3 is 2.64 bits per heavy atom. The highest BCUT2D eigenvalue weighted by Gasteiger charge is 2.39. The quantitative estimate of drug-likeness (QED) is 0.806. The third-order valence-electron chi connectivity index (χ3n) is 4.39. The minimum Gasteiger partial charge on any atom is -0.447 e. The molecule has 0 spiro atoms. The number of benzene rings is 1. The van der Waals surface area contributed by atoms with E-state index in [1.807, 2.05) is 37.3 Å². The molecule has 0 N–H and O–H groups in total. The lowest BCUT2D eigenvalue weighted by Gasteiger charge is -2.24. The Bertz CT molecular complexity index is 514. The number of amides is 2. The standard InChI is InChI=1S/C18H25NO3/c1-4-13(2)10-14(3)17(20)19-16(12-22-18(19)21)11-15-8-6-5-7-9-15/h5-9,13-14,16H,4,10-12H2,1-3H3/t13-,14-,16+/m1/s1.